The van der Waals surface area contributed by atoms with E-state index >= 15 is 0 Å². The highest BCUT2D eigenvalue weighted by Crippen LogP contribution is 2.62. The van der Waals surface area contributed by atoms with Crippen molar-refractivity contribution in [1.29, 1.82) is 0 Å². The Labute approximate surface area is 95.9 Å². The minimum Gasteiger partial charge on any atom is -0.234 e. The summed E-state index contributed by atoms with van der Waals surface area (Å²) >= 11 is 0. The van der Waals surface area contributed by atoms with Crippen molar-refractivity contribution < 1.29 is 52.7 Å². The molecular weight excluding hydrogens is 312 g/mol. The second-order valence-corrected chi connectivity index (χ2v) is 3.79. The molecule has 2 unspecified atom stereocenters. The van der Waals surface area contributed by atoms with Gasteiger partial charge in [0.25, 0.3) is 0 Å². The molecule has 1 saturated carbocycles. The first kappa shape index (κ1) is 16.2. The molecule has 1 fully saturated rings. The van der Waals surface area contributed by atoms with Gasteiger partial charge in [0.05, 0.1) is 0 Å². The van der Waals surface area contributed by atoms with Crippen LogP contribution in [0.1, 0.15) is 0 Å². The number of hydrogen-bond acceptors (Lipinski definition) is 0. The largest absolute Gasteiger partial charge is 0.381 e. The molecule has 0 saturated heterocycles. The minimum atomic E-state index is -7.22. The van der Waals surface area contributed by atoms with Crippen LogP contribution in [-0.4, -0.2) is 42.0 Å². The van der Waals surface area contributed by atoms with E-state index in [0.29, 0.717) is 0 Å². The fraction of sp³-hybridized carbons (Fsp3) is 1.00. The van der Waals surface area contributed by atoms with Crippen LogP contribution in [0, 0.1) is 0 Å². The number of rotatable bonds is 0. The Morgan fingerprint density at radius 3 is 0.895 bits per heavy atom. The summed E-state index contributed by atoms with van der Waals surface area (Å²) in [6.45, 7) is 0. The summed E-state index contributed by atoms with van der Waals surface area (Å²) in [6, 6.07) is 0. The van der Waals surface area contributed by atoms with Gasteiger partial charge < -0.3 is 0 Å². The van der Waals surface area contributed by atoms with Crippen LogP contribution in [0.5, 0.6) is 0 Å². The monoisotopic (exact) mass is 314 g/mol. The fourth-order valence-corrected chi connectivity index (χ4v) is 1.35. The van der Waals surface area contributed by atoms with Gasteiger partial charge in [-0.25, -0.2) is 8.78 Å². The smallest absolute Gasteiger partial charge is 0.234 e. The van der Waals surface area contributed by atoms with E-state index < -0.39 is 42.0 Å². The van der Waals surface area contributed by atoms with Crippen molar-refractivity contribution in [2.75, 3.05) is 0 Å². The summed E-state index contributed by atoms with van der Waals surface area (Å²) in [6.07, 6.45) is -11.1. The Bertz CT molecular complexity index is 336. The molecule has 0 aromatic heterocycles. The highest BCUT2D eigenvalue weighted by molar-refractivity contribution is 5.17. The first-order chi connectivity index (χ1) is 8.06. The van der Waals surface area contributed by atoms with Gasteiger partial charge in [-0.05, 0) is 0 Å². The van der Waals surface area contributed by atoms with Crippen LogP contribution in [0.15, 0.2) is 0 Å². The first-order valence-electron chi connectivity index (χ1n) is 4.23. The third-order valence-electron chi connectivity index (χ3n) is 2.54. The standard InChI is InChI=1S/C7H2F12/c8-1-3(10,11)2(9)5(14,15)7(18,19)6(16,17)4(1,12)13/h1-2H. The zero-order valence-corrected chi connectivity index (χ0v) is 8.19. The van der Waals surface area contributed by atoms with Gasteiger partial charge in [0, 0.05) is 0 Å². The molecule has 114 valence electrons. The van der Waals surface area contributed by atoms with Crippen molar-refractivity contribution in [3.8, 4) is 0 Å². The quantitative estimate of drug-likeness (QED) is 0.471. The van der Waals surface area contributed by atoms with Crippen molar-refractivity contribution in [1.82, 2.24) is 0 Å². The molecule has 19 heavy (non-hydrogen) atoms. The third kappa shape index (κ3) is 1.57. The van der Waals surface area contributed by atoms with E-state index in [1.54, 1.807) is 0 Å². The molecule has 0 N–H and O–H groups in total. The SMILES string of the molecule is FC1C(F)(F)C(F)C(F)(F)C(F)(F)C(F)(F)C1(F)F. The highest BCUT2D eigenvalue weighted by Gasteiger charge is 2.91. The van der Waals surface area contributed by atoms with E-state index in [1.165, 1.54) is 0 Å². The lowest BCUT2D eigenvalue weighted by molar-refractivity contribution is -0.369. The average Bonchev–Trinajstić information content (AvgIpc) is 2.25. The Morgan fingerprint density at radius 2 is 0.684 bits per heavy atom. The van der Waals surface area contributed by atoms with Gasteiger partial charge in [0.2, 0.25) is 12.3 Å². The molecule has 0 aliphatic heterocycles. The maximum atomic E-state index is 12.6. The van der Waals surface area contributed by atoms with Crippen molar-refractivity contribution in [3.05, 3.63) is 0 Å². The van der Waals surface area contributed by atoms with Crippen LogP contribution in [0.3, 0.4) is 0 Å². The maximum Gasteiger partial charge on any atom is 0.381 e. The van der Waals surface area contributed by atoms with Crippen LogP contribution in [0.2, 0.25) is 0 Å². The molecule has 1 aliphatic rings. The first-order valence-corrected chi connectivity index (χ1v) is 4.23. The van der Waals surface area contributed by atoms with Gasteiger partial charge in [-0.2, -0.15) is 43.9 Å². The molecule has 0 amide bonds. The summed E-state index contributed by atoms with van der Waals surface area (Å²) < 4.78 is 151. The molecule has 0 aromatic carbocycles. The molecule has 2 atom stereocenters. The second kappa shape index (κ2) is 3.62. The predicted molar refractivity (Wildman–Crippen MR) is 34.5 cm³/mol. The van der Waals surface area contributed by atoms with Gasteiger partial charge >= 0.3 is 29.6 Å². The Balaban J connectivity index is 3.68. The van der Waals surface area contributed by atoms with Crippen molar-refractivity contribution in [2.24, 2.45) is 0 Å². The minimum absolute atomic E-state index is 5.55. The topological polar surface area (TPSA) is 0 Å². The number of alkyl halides is 12. The summed E-state index contributed by atoms with van der Waals surface area (Å²) in [5.41, 5.74) is 0. The molecule has 0 radical (unpaired) electrons. The lowest BCUT2D eigenvalue weighted by atomic mass is 10.00. The molecule has 0 aromatic rings. The van der Waals surface area contributed by atoms with Crippen molar-refractivity contribution >= 4 is 0 Å². The van der Waals surface area contributed by atoms with Crippen molar-refractivity contribution in [3.63, 3.8) is 0 Å². The molecule has 0 bridgehead atoms. The van der Waals surface area contributed by atoms with Gasteiger partial charge in [-0.3, -0.25) is 0 Å². The number of hydrogen-bond donors (Lipinski definition) is 0. The Morgan fingerprint density at radius 1 is 0.474 bits per heavy atom. The lowest BCUT2D eigenvalue weighted by Gasteiger charge is -2.33. The van der Waals surface area contributed by atoms with Crippen LogP contribution in [-0.2, 0) is 0 Å². The predicted octanol–water partition coefficient (Wildman–Crippen LogP) is 3.85. The number of halogens is 12. The van der Waals surface area contributed by atoms with Crippen LogP contribution in [0.4, 0.5) is 52.7 Å². The van der Waals surface area contributed by atoms with Gasteiger partial charge in [-0.15, -0.1) is 0 Å². The van der Waals surface area contributed by atoms with Gasteiger partial charge in [-0.1, -0.05) is 0 Å². The second-order valence-electron chi connectivity index (χ2n) is 3.79. The van der Waals surface area contributed by atoms with E-state index in [9.17, 15) is 52.7 Å². The molecule has 0 spiro atoms. The molecule has 1 rings (SSSR count). The molecular formula is C7H2F12. The summed E-state index contributed by atoms with van der Waals surface area (Å²) in [5, 5.41) is 0. The Kier molecular flexibility index (Phi) is 3.09. The lowest BCUT2D eigenvalue weighted by Crippen LogP contribution is -2.63. The van der Waals surface area contributed by atoms with Crippen molar-refractivity contribution in [2.45, 2.75) is 42.0 Å². The third-order valence-corrected chi connectivity index (χ3v) is 2.54. The highest BCUT2D eigenvalue weighted by atomic mass is 19.4. The summed E-state index contributed by atoms with van der Waals surface area (Å²) in [5.74, 6) is -34.7. The molecule has 0 heterocycles. The van der Waals surface area contributed by atoms with Crippen LogP contribution in [0.25, 0.3) is 0 Å². The van der Waals surface area contributed by atoms with E-state index in [2.05, 4.69) is 0 Å². The zero-order valence-electron chi connectivity index (χ0n) is 8.19. The zero-order chi connectivity index (χ0) is 15.7. The van der Waals surface area contributed by atoms with E-state index in [0.717, 1.165) is 0 Å². The van der Waals surface area contributed by atoms with E-state index in [4.69, 9.17) is 0 Å². The molecule has 12 heteroatoms. The maximum absolute atomic E-state index is 12.6. The van der Waals surface area contributed by atoms with E-state index in [1.807, 2.05) is 0 Å². The normalized spacial score (nSPS) is 38.5. The fourth-order valence-electron chi connectivity index (χ4n) is 1.35. The van der Waals surface area contributed by atoms with E-state index in [-0.39, 0.29) is 0 Å². The molecule has 0 nitrogen and oxygen atoms in total. The molecule has 1 aliphatic carbocycles. The van der Waals surface area contributed by atoms with Gasteiger partial charge in [0.1, 0.15) is 0 Å². The van der Waals surface area contributed by atoms with Crippen LogP contribution < -0.4 is 0 Å². The van der Waals surface area contributed by atoms with Crippen LogP contribution >= 0.6 is 0 Å². The average molecular weight is 314 g/mol. The summed E-state index contributed by atoms with van der Waals surface area (Å²) in [7, 11) is 0. The summed E-state index contributed by atoms with van der Waals surface area (Å²) in [4.78, 5) is 0. The Hall–Kier alpha value is -0.840. The van der Waals surface area contributed by atoms with Gasteiger partial charge in [0.15, 0.2) is 0 Å².